The summed E-state index contributed by atoms with van der Waals surface area (Å²) in [4.78, 5) is 29.3. The van der Waals surface area contributed by atoms with Gasteiger partial charge in [-0.3, -0.25) is 9.36 Å². The summed E-state index contributed by atoms with van der Waals surface area (Å²) >= 11 is 2.98. The van der Waals surface area contributed by atoms with Crippen molar-refractivity contribution in [3.8, 4) is 17.2 Å². The third kappa shape index (κ3) is 5.97. The van der Waals surface area contributed by atoms with Crippen molar-refractivity contribution in [2.24, 2.45) is 0 Å². The number of hydrogen-bond donors (Lipinski definition) is 0. The molecule has 40 heavy (non-hydrogen) atoms. The Balaban J connectivity index is 1.89. The molecule has 1 aromatic heterocycles. The average molecular weight is 634 g/mol. The van der Waals surface area contributed by atoms with Gasteiger partial charge in [-0.05, 0) is 54.2 Å². The fourth-order valence-electron chi connectivity index (χ4n) is 4.20. The summed E-state index contributed by atoms with van der Waals surface area (Å²) in [5, 5.41) is 0. The van der Waals surface area contributed by atoms with Crippen molar-refractivity contribution in [3.63, 3.8) is 0 Å². The highest BCUT2D eigenvalue weighted by Gasteiger charge is 2.43. The highest BCUT2D eigenvalue weighted by atomic mass is 79.9. The van der Waals surface area contributed by atoms with E-state index in [-0.39, 0.29) is 16.9 Å². The van der Waals surface area contributed by atoms with E-state index >= 15 is 4.39 Å². The quantitative estimate of drug-likeness (QED) is 0.277. The Morgan fingerprint density at radius 2 is 1.68 bits per heavy atom. The second kappa shape index (κ2) is 11.5. The van der Waals surface area contributed by atoms with Crippen LogP contribution in [0.1, 0.15) is 11.3 Å². The SMILES string of the molecule is Cc1c(OC(=O)C(F)(F)F)c(OCc2ccc(F)cc2F)c(Br)c(=O)n1-c1c(F)cccc1N1CCN(C)CC1. The van der Waals surface area contributed by atoms with Gasteiger partial charge < -0.3 is 19.3 Å². The number of ether oxygens (including phenoxy) is 2. The zero-order valence-corrected chi connectivity index (χ0v) is 22.7. The van der Waals surface area contributed by atoms with Crippen molar-refractivity contribution >= 4 is 27.6 Å². The molecule has 0 radical (unpaired) electrons. The molecular weight excluding hydrogens is 612 g/mol. The normalized spacial score (nSPS) is 14.4. The molecule has 4 rings (SSSR count). The monoisotopic (exact) mass is 633 g/mol. The summed E-state index contributed by atoms with van der Waals surface area (Å²) in [5.41, 5.74) is -1.51. The summed E-state index contributed by atoms with van der Waals surface area (Å²) in [6, 6.07) is 6.61. The Bertz CT molecular complexity index is 1500. The number of halogens is 7. The number of benzene rings is 2. The molecule has 2 heterocycles. The molecule has 0 unspecified atom stereocenters. The van der Waals surface area contributed by atoms with Crippen molar-refractivity contribution in [2.45, 2.75) is 19.7 Å². The molecule has 0 atom stereocenters. The molecule has 0 aliphatic carbocycles. The lowest BCUT2D eigenvalue weighted by Gasteiger charge is -2.35. The molecule has 214 valence electrons. The molecule has 1 saturated heterocycles. The van der Waals surface area contributed by atoms with E-state index in [0.29, 0.717) is 37.9 Å². The minimum atomic E-state index is -5.43. The molecule has 7 nitrogen and oxygen atoms in total. The molecular formula is C26H22BrF6N3O4. The third-order valence-corrected chi connectivity index (χ3v) is 7.01. The largest absolute Gasteiger partial charge is 0.491 e. The van der Waals surface area contributed by atoms with Crippen LogP contribution in [0, 0.1) is 24.4 Å². The van der Waals surface area contributed by atoms with Crippen molar-refractivity contribution < 1.29 is 40.6 Å². The molecule has 0 saturated carbocycles. The van der Waals surface area contributed by atoms with Crippen LogP contribution in [0.25, 0.3) is 5.69 Å². The smallest absolute Gasteiger partial charge is 0.483 e. The van der Waals surface area contributed by atoms with Crippen LogP contribution in [0.3, 0.4) is 0 Å². The Morgan fingerprint density at radius 1 is 1.00 bits per heavy atom. The molecule has 0 bridgehead atoms. The molecule has 0 spiro atoms. The lowest BCUT2D eigenvalue weighted by atomic mass is 10.1. The first-order chi connectivity index (χ1) is 18.8. The summed E-state index contributed by atoms with van der Waals surface area (Å²) in [6.07, 6.45) is -5.43. The Hall–Kier alpha value is -3.52. The second-order valence-electron chi connectivity index (χ2n) is 9.01. The molecule has 1 fully saturated rings. The highest BCUT2D eigenvalue weighted by molar-refractivity contribution is 9.10. The summed E-state index contributed by atoms with van der Waals surface area (Å²) < 4.78 is 92.8. The number of rotatable bonds is 6. The van der Waals surface area contributed by atoms with Crippen molar-refractivity contribution in [3.05, 3.63) is 79.9 Å². The zero-order valence-electron chi connectivity index (χ0n) is 21.1. The predicted molar refractivity (Wildman–Crippen MR) is 137 cm³/mol. The lowest BCUT2D eigenvalue weighted by Crippen LogP contribution is -2.45. The van der Waals surface area contributed by atoms with E-state index in [4.69, 9.17) is 4.74 Å². The second-order valence-corrected chi connectivity index (χ2v) is 9.80. The lowest BCUT2D eigenvalue weighted by molar-refractivity contribution is -0.189. The maximum Gasteiger partial charge on any atom is 0.491 e. The van der Waals surface area contributed by atoms with Crippen LogP contribution in [-0.2, 0) is 11.4 Å². The van der Waals surface area contributed by atoms with E-state index in [1.807, 2.05) is 16.8 Å². The van der Waals surface area contributed by atoms with Gasteiger partial charge in [0.1, 0.15) is 34.2 Å². The van der Waals surface area contributed by atoms with Gasteiger partial charge in [0.25, 0.3) is 5.56 Å². The number of likely N-dealkylation sites (N-methyl/N-ethyl adjacent to an activating group) is 1. The van der Waals surface area contributed by atoms with Gasteiger partial charge in [-0.15, -0.1) is 0 Å². The van der Waals surface area contributed by atoms with Gasteiger partial charge in [0.2, 0.25) is 0 Å². The van der Waals surface area contributed by atoms with Gasteiger partial charge >= 0.3 is 12.1 Å². The fraction of sp³-hybridized carbons (Fsp3) is 0.308. The topological polar surface area (TPSA) is 64.0 Å². The Morgan fingerprint density at radius 3 is 2.30 bits per heavy atom. The van der Waals surface area contributed by atoms with Gasteiger partial charge in [0.05, 0.1) is 11.4 Å². The van der Waals surface area contributed by atoms with Crippen LogP contribution >= 0.6 is 15.9 Å². The summed E-state index contributed by atoms with van der Waals surface area (Å²) in [7, 11) is 1.91. The van der Waals surface area contributed by atoms with Crippen molar-refractivity contribution in [1.82, 2.24) is 9.47 Å². The first-order valence-electron chi connectivity index (χ1n) is 11.8. The summed E-state index contributed by atoms with van der Waals surface area (Å²) in [5.74, 6) is -6.87. The maximum atomic E-state index is 15.4. The van der Waals surface area contributed by atoms with Crippen LogP contribution in [0.4, 0.5) is 32.0 Å². The van der Waals surface area contributed by atoms with E-state index < -0.39 is 57.7 Å². The van der Waals surface area contributed by atoms with Gasteiger partial charge in [0, 0.05) is 37.8 Å². The van der Waals surface area contributed by atoms with E-state index in [1.165, 1.54) is 6.07 Å². The van der Waals surface area contributed by atoms with E-state index in [1.54, 1.807) is 6.07 Å². The molecule has 3 aromatic rings. The zero-order chi connectivity index (χ0) is 29.4. The van der Waals surface area contributed by atoms with Crippen LogP contribution < -0.4 is 19.9 Å². The molecule has 0 amide bonds. The molecule has 14 heteroatoms. The number of para-hydroxylation sites is 1. The van der Waals surface area contributed by atoms with Crippen LogP contribution in [0.2, 0.25) is 0 Å². The standard InChI is InChI=1S/C26H22BrF6N3O4/c1-14-22(40-25(38)26(31,32)33)23(39-13-15-6-7-16(28)12-18(15)30)20(27)24(37)36(14)21-17(29)4-3-5-19(21)35-10-8-34(2)9-11-35/h3-7,12H,8-11,13H2,1-2H3. The number of aromatic nitrogens is 1. The number of hydrogen-bond acceptors (Lipinski definition) is 6. The van der Waals surface area contributed by atoms with Crippen molar-refractivity contribution in [2.75, 3.05) is 38.1 Å². The van der Waals surface area contributed by atoms with Gasteiger partial charge in [-0.1, -0.05) is 6.07 Å². The molecule has 1 aliphatic rings. The van der Waals surface area contributed by atoms with Crippen LogP contribution in [0.5, 0.6) is 11.5 Å². The van der Waals surface area contributed by atoms with Crippen molar-refractivity contribution in [1.29, 1.82) is 0 Å². The number of alkyl halides is 3. The third-order valence-electron chi connectivity index (χ3n) is 6.31. The van der Waals surface area contributed by atoms with Gasteiger partial charge in [-0.25, -0.2) is 18.0 Å². The predicted octanol–water partition coefficient (Wildman–Crippen LogP) is 5.12. The number of anilines is 1. The number of nitrogens with zero attached hydrogens (tertiary/aromatic N) is 3. The Kier molecular flexibility index (Phi) is 8.49. The van der Waals surface area contributed by atoms with Gasteiger partial charge in [-0.2, -0.15) is 13.2 Å². The number of pyridine rings is 1. The first-order valence-corrected chi connectivity index (χ1v) is 12.6. The Labute approximate surface area is 232 Å². The maximum absolute atomic E-state index is 15.4. The highest BCUT2D eigenvalue weighted by Crippen LogP contribution is 2.40. The molecule has 0 N–H and O–H groups in total. The van der Waals surface area contributed by atoms with Gasteiger partial charge in [0.15, 0.2) is 11.5 Å². The number of piperazine rings is 1. The van der Waals surface area contributed by atoms with E-state index in [2.05, 4.69) is 20.7 Å². The van der Waals surface area contributed by atoms with Crippen LogP contribution in [-0.4, -0.2) is 54.8 Å². The van der Waals surface area contributed by atoms with Crippen LogP contribution in [0.15, 0.2) is 45.7 Å². The van der Waals surface area contributed by atoms with E-state index in [0.717, 1.165) is 29.7 Å². The number of carbonyl (C=O) groups is 1. The first kappa shape index (κ1) is 29.5. The summed E-state index contributed by atoms with van der Waals surface area (Å²) in [6.45, 7) is 2.70. The average Bonchev–Trinajstić information content (AvgIpc) is 2.88. The number of carbonyl (C=O) groups excluding carboxylic acids is 1. The minimum absolute atomic E-state index is 0.199. The number of esters is 1. The fourth-order valence-corrected chi connectivity index (χ4v) is 4.67. The van der Waals surface area contributed by atoms with E-state index in [9.17, 15) is 31.5 Å². The molecule has 1 aliphatic heterocycles. The molecule has 2 aromatic carbocycles. The minimum Gasteiger partial charge on any atom is -0.483 e.